The van der Waals surface area contributed by atoms with Crippen molar-refractivity contribution in [1.82, 2.24) is 0 Å². The molecule has 0 spiro atoms. The summed E-state index contributed by atoms with van der Waals surface area (Å²) in [5.41, 5.74) is 0. The molecule has 66 heavy (non-hydrogen) atoms. The highest BCUT2D eigenvalue weighted by molar-refractivity contribution is 5.70. The second-order valence-corrected chi connectivity index (χ2v) is 18.0. The zero-order valence-electron chi connectivity index (χ0n) is 40.4. The Bertz CT molecular complexity index is 1290. The summed E-state index contributed by atoms with van der Waals surface area (Å²) in [5.74, 6) is -0.951. The summed E-state index contributed by atoms with van der Waals surface area (Å²) in [6.45, 7) is 2.54. The first kappa shape index (κ1) is 59.8. The van der Waals surface area contributed by atoms with E-state index in [-0.39, 0.29) is 26.1 Å². The fourth-order valence-electron chi connectivity index (χ4n) is 7.85. The molecular formula is C51H90O15. The Labute approximate surface area is 395 Å². The van der Waals surface area contributed by atoms with E-state index in [0.29, 0.717) is 12.8 Å². The molecular weight excluding hydrogens is 853 g/mol. The Balaban J connectivity index is 1.83. The van der Waals surface area contributed by atoms with Gasteiger partial charge in [0.1, 0.15) is 55.4 Å². The molecule has 0 aliphatic carbocycles. The van der Waals surface area contributed by atoms with Crippen molar-refractivity contribution in [1.29, 1.82) is 0 Å². The molecule has 2 saturated heterocycles. The van der Waals surface area contributed by atoms with Crippen LogP contribution in [0.25, 0.3) is 0 Å². The molecule has 0 aromatic rings. The lowest BCUT2D eigenvalue weighted by Crippen LogP contribution is -2.61. The number of hydrogen-bond donors (Lipinski definition) is 7. The van der Waals surface area contributed by atoms with Crippen LogP contribution in [0.5, 0.6) is 0 Å². The molecule has 2 aliphatic heterocycles. The highest BCUT2D eigenvalue weighted by Gasteiger charge is 2.47. The zero-order chi connectivity index (χ0) is 48.2. The predicted molar refractivity (Wildman–Crippen MR) is 252 cm³/mol. The summed E-state index contributed by atoms with van der Waals surface area (Å²) in [6.07, 6.45) is 23.1. The molecule has 2 heterocycles. The van der Waals surface area contributed by atoms with Crippen molar-refractivity contribution in [3.05, 3.63) is 36.5 Å². The van der Waals surface area contributed by atoms with Gasteiger partial charge < -0.3 is 64.2 Å². The summed E-state index contributed by atoms with van der Waals surface area (Å²) >= 11 is 0. The molecule has 0 bridgehead atoms. The van der Waals surface area contributed by atoms with Gasteiger partial charge in [0, 0.05) is 12.8 Å². The molecule has 7 N–H and O–H groups in total. The summed E-state index contributed by atoms with van der Waals surface area (Å²) in [6, 6.07) is 0. The lowest BCUT2D eigenvalue weighted by atomic mass is 9.98. The molecule has 2 fully saturated rings. The lowest BCUT2D eigenvalue weighted by Gasteiger charge is -2.42. The van der Waals surface area contributed by atoms with Gasteiger partial charge in [0.2, 0.25) is 0 Å². The number of carbonyl (C=O) groups is 2. The lowest BCUT2D eigenvalue weighted by molar-refractivity contribution is -0.332. The van der Waals surface area contributed by atoms with Crippen LogP contribution in [0, 0.1) is 0 Å². The van der Waals surface area contributed by atoms with Gasteiger partial charge >= 0.3 is 11.9 Å². The van der Waals surface area contributed by atoms with E-state index < -0.39 is 92.7 Å². The quantitative estimate of drug-likeness (QED) is 0.0143. The molecule has 2 aliphatic rings. The SMILES string of the molecule is CCCCCC/C=C/C=C/CCCCCCCC(=O)OC[C@H](CO[C@@H]1O[C@H](CO[C@@H]2O[C@H](CO)[C@H](O)C(O)C2O)[C@H](O)C(O)C1O)OC(=O)CCCCCCC/C=C/CCCCCCCC. The monoisotopic (exact) mass is 943 g/mol. The largest absolute Gasteiger partial charge is 0.462 e. The molecule has 0 amide bonds. The topological polar surface area (TPSA) is 231 Å². The van der Waals surface area contributed by atoms with Crippen molar-refractivity contribution in [3.8, 4) is 0 Å². The maximum Gasteiger partial charge on any atom is 0.306 e. The van der Waals surface area contributed by atoms with Crippen LogP contribution in [0.2, 0.25) is 0 Å². The van der Waals surface area contributed by atoms with Crippen molar-refractivity contribution >= 4 is 11.9 Å². The van der Waals surface area contributed by atoms with E-state index in [1.165, 1.54) is 64.2 Å². The fraction of sp³-hybridized carbons (Fsp3) is 0.843. The van der Waals surface area contributed by atoms with Gasteiger partial charge in [-0.05, 0) is 64.2 Å². The minimum absolute atomic E-state index is 0.152. The summed E-state index contributed by atoms with van der Waals surface area (Å²) in [4.78, 5) is 25.7. The van der Waals surface area contributed by atoms with E-state index in [0.717, 1.165) is 77.0 Å². The Kier molecular flexibility index (Phi) is 35.0. The normalized spacial score (nSPS) is 26.4. The third-order valence-electron chi connectivity index (χ3n) is 12.1. The van der Waals surface area contributed by atoms with Crippen LogP contribution < -0.4 is 0 Å². The van der Waals surface area contributed by atoms with E-state index in [2.05, 4.69) is 50.3 Å². The Morgan fingerprint density at radius 2 is 0.909 bits per heavy atom. The number of esters is 2. The molecule has 15 heteroatoms. The first-order valence-corrected chi connectivity index (χ1v) is 25.6. The predicted octanol–water partition coefficient (Wildman–Crippen LogP) is 6.93. The molecule has 0 saturated carbocycles. The Morgan fingerprint density at radius 3 is 1.44 bits per heavy atom. The third-order valence-corrected chi connectivity index (χ3v) is 12.1. The Hall–Kier alpha value is -2.28. The standard InChI is InChI=1S/C51H90O15/c1-3-5-7-9-11-13-15-17-19-21-23-25-27-29-31-33-42(53)61-36-39(64-43(54)34-32-30-28-26-24-22-20-18-16-14-12-10-8-6-4-2)37-62-50-49(60)47(58)45(56)41(66-50)38-63-51-48(59)46(57)44(55)40(35-52)65-51/h13,15,17-20,39-41,44-52,55-60H,3-12,14,16,21-38H2,1-2H3/b15-13+,19-17+,20-18+/t39-,40-,41-,44+,45+,46?,47?,48?,49?,50-,51-/m1/s1. The second-order valence-electron chi connectivity index (χ2n) is 18.0. The summed E-state index contributed by atoms with van der Waals surface area (Å²) in [5, 5.41) is 72.0. The minimum atomic E-state index is -1.77. The van der Waals surface area contributed by atoms with E-state index in [1.54, 1.807) is 0 Å². The van der Waals surface area contributed by atoms with Gasteiger partial charge in [0.05, 0.1) is 19.8 Å². The highest BCUT2D eigenvalue weighted by atomic mass is 16.7. The van der Waals surface area contributed by atoms with Gasteiger partial charge in [0.15, 0.2) is 18.7 Å². The van der Waals surface area contributed by atoms with Crippen LogP contribution in [-0.4, -0.2) is 142 Å². The van der Waals surface area contributed by atoms with Crippen molar-refractivity contribution < 1.29 is 73.8 Å². The number of ether oxygens (including phenoxy) is 6. The van der Waals surface area contributed by atoms with Crippen LogP contribution in [0.1, 0.15) is 181 Å². The van der Waals surface area contributed by atoms with Crippen LogP contribution >= 0.6 is 0 Å². The van der Waals surface area contributed by atoms with Gasteiger partial charge in [-0.15, -0.1) is 0 Å². The van der Waals surface area contributed by atoms with Crippen molar-refractivity contribution in [3.63, 3.8) is 0 Å². The number of rotatable bonds is 39. The van der Waals surface area contributed by atoms with Crippen LogP contribution in [0.15, 0.2) is 36.5 Å². The first-order valence-electron chi connectivity index (χ1n) is 25.6. The van der Waals surface area contributed by atoms with Crippen molar-refractivity contribution in [2.45, 2.75) is 248 Å². The summed E-state index contributed by atoms with van der Waals surface area (Å²) in [7, 11) is 0. The first-order chi connectivity index (χ1) is 32.0. The molecule has 384 valence electrons. The van der Waals surface area contributed by atoms with E-state index >= 15 is 0 Å². The van der Waals surface area contributed by atoms with E-state index in [9.17, 15) is 45.3 Å². The number of carbonyl (C=O) groups excluding carboxylic acids is 2. The third kappa shape index (κ3) is 26.5. The number of aliphatic hydroxyl groups excluding tert-OH is 7. The van der Waals surface area contributed by atoms with Gasteiger partial charge in [-0.25, -0.2) is 0 Å². The number of allylic oxidation sites excluding steroid dienone is 6. The molecule has 11 atom stereocenters. The fourth-order valence-corrected chi connectivity index (χ4v) is 7.85. The van der Waals surface area contributed by atoms with Crippen LogP contribution in [0.3, 0.4) is 0 Å². The van der Waals surface area contributed by atoms with E-state index in [4.69, 9.17) is 28.4 Å². The van der Waals surface area contributed by atoms with Crippen LogP contribution in [-0.2, 0) is 38.0 Å². The molecule has 4 unspecified atom stereocenters. The average Bonchev–Trinajstić information content (AvgIpc) is 3.31. The van der Waals surface area contributed by atoms with Crippen molar-refractivity contribution in [2.75, 3.05) is 26.4 Å². The molecule has 15 nitrogen and oxygen atoms in total. The molecule has 2 rings (SSSR count). The summed E-state index contributed by atoms with van der Waals surface area (Å²) < 4.78 is 33.5. The number of hydrogen-bond acceptors (Lipinski definition) is 15. The minimum Gasteiger partial charge on any atom is -0.462 e. The smallest absolute Gasteiger partial charge is 0.306 e. The van der Waals surface area contributed by atoms with Gasteiger partial charge in [0.25, 0.3) is 0 Å². The van der Waals surface area contributed by atoms with Crippen LogP contribution in [0.4, 0.5) is 0 Å². The van der Waals surface area contributed by atoms with E-state index in [1.807, 2.05) is 0 Å². The molecule has 0 aromatic heterocycles. The maximum absolute atomic E-state index is 13.0. The van der Waals surface area contributed by atoms with Gasteiger partial charge in [-0.1, -0.05) is 140 Å². The zero-order valence-corrected chi connectivity index (χ0v) is 40.4. The Morgan fingerprint density at radius 1 is 0.485 bits per heavy atom. The number of unbranched alkanes of at least 4 members (excludes halogenated alkanes) is 20. The second kappa shape index (κ2) is 38.6. The molecule has 0 radical (unpaired) electrons. The van der Waals surface area contributed by atoms with Gasteiger partial charge in [-0.3, -0.25) is 9.59 Å². The number of aliphatic hydroxyl groups is 7. The van der Waals surface area contributed by atoms with Crippen molar-refractivity contribution in [2.24, 2.45) is 0 Å². The highest BCUT2D eigenvalue weighted by Crippen LogP contribution is 2.26. The molecule has 0 aromatic carbocycles. The average molecular weight is 943 g/mol. The van der Waals surface area contributed by atoms with Gasteiger partial charge in [-0.2, -0.15) is 0 Å². The maximum atomic E-state index is 13.0.